The average molecular weight is 505 g/mol. The molecule has 0 aromatic rings. The maximum Gasteiger partial charge on any atom is 0.410 e. The number of morpholine rings is 1. The Kier molecular flexibility index (Phi) is 6.64. The van der Waals surface area contributed by atoms with Crippen molar-refractivity contribution in [1.82, 2.24) is 9.80 Å². The minimum atomic E-state index is -0.310. The SMILES string of the molecule is CO[C@H]1C([C@@]2(C)O[C@@H]2CC=C(C)C)[C@]2(CC[C@H]1OC(=O)N1CC(CCN3CC4CCC(C3)O4)C1)CO2. The molecule has 5 heterocycles. The van der Waals surface area contributed by atoms with Gasteiger partial charge in [-0.05, 0) is 71.8 Å². The van der Waals surface area contributed by atoms with Gasteiger partial charge in [-0.2, -0.15) is 0 Å². The van der Waals surface area contributed by atoms with E-state index in [1.165, 1.54) is 18.4 Å². The van der Waals surface area contributed by atoms with Crippen LogP contribution in [-0.4, -0.2) is 104 Å². The Labute approximate surface area is 215 Å². The quantitative estimate of drug-likeness (QED) is 0.370. The van der Waals surface area contributed by atoms with Gasteiger partial charge >= 0.3 is 6.09 Å². The van der Waals surface area contributed by atoms with Crippen LogP contribution in [0.15, 0.2) is 11.6 Å². The molecule has 5 aliphatic heterocycles. The fourth-order valence-corrected chi connectivity index (χ4v) is 7.42. The largest absolute Gasteiger partial charge is 0.443 e. The number of carbonyl (C=O) groups excluding carboxylic acids is 1. The number of fused-ring (bicyclic) bond motifs is 2. The van der Waals surface area contributed by atoms with Crippen LogP contribution in [0.25, 0.3) is 0 Å². The minimum absolute atomic E-state index is 0.0602. The Balaban J connectivity index is 1.00. The first-order chi connectivity index (χ1) is 17.3. The van der Waals surface area contributed by atoms with Crippen LogP contribution in [0, 0.1) is 11.8 Å². The number of hydrogen-bond donors (Lipinski definition) is 0. The van der Waals surface area contributed by atoms with E-state index in [2.05, 4.69) is 31.7 Å². The number of epoxide rings is 2. The second kappa shape index (κ2) is 9.53. The van der Waals surface area contributed by atoms with Gasteiger partial charge in [0.25, 0.3) is 0 Å². The van der Waals surface area contributed by atoms with Crippen molar-refractivity contribution >= 4 is 6.09 Å². The molecule has 3 unspecified atom stereocenters. The van der Waals surface area contributed by atoms with Crippen molar-refractivity contribution in [2.45, 2.75) is 101 Å². The zero-order valence-electron chi connectivity index (χ0n) is 22.4. The molecule has 2 bridgehead atoms. The first-order valence-corrected chi connectivity index (χ1v) is 14.1. The molecule has 0 N–H and O–H groups in total. The van der Waals surface area contributed by atoms with Gasteiger partial charge in [-0.1, -0.05) is 11.6 Å². The van der Waals surface area contributed by atoms with E-state index >= 15 is 0 Å². The molecule has 0 aromatic heterocycles. The summed E-state index contributed by atoms with van der Waals surface area (Å²) in [5.74, 6) is 0.623. The van der Waals surface area contributed by atoms with E-state index in [4.69, 9.17) is 23.7 Å². The third kappa shape index (κ3) is 4.73. The summed E-state index contributed by atoms with van der Waals surface area (Å²) in [4.78, 5) is 17.5. The van der Waals surface area contributed by atoms with Crippen molar-refractivity contribution in [3.05, 3.63) is 11.6 Å². The molecular weight excluding hydrogens is 460 g/mol. The number of allylic oxidation sites excluding steroid dienone is 1. The highest BCUT2D eigenvalue weighted by atomic mass is 16.6. The standard InChI is InChI=1S/C28H44N2O6/c1-18(2)5-8-23-27(3,36-23)25-24(32-4)22(9-11-28(25)17-33-28)35-26(31)30-13-19(14-30)10-12-29-15-20-6-7-21(16-29)34-20/h5,19-25H,6-17H2,1-4H3/t20?,21?,22-,23-,24-,25?,27+,28+/m1/s1. The number of hydrogen-bond acceptors (Lipinski definition) is 7. The van der Waals surface area contributed by atoms with Crippen molar-refractivity contribution in [1.29, 1.82) is 0 Å². The zero-order chi connectivity index (χ0) is 25.1. The summed E-state index contributed by atoms with van der Waals surface area (Å²) in [5.41, 5.74) is 0.794. The van der Waals surface area contributed by atoms with E-state index in [0.717, 1.165) is 65.0 Å². The number of likely N-dealkylation sites (tertiary alicyclic amines) is 2. The van der Waals surface area contributed by atoms with E-state index in [9.17, 15) is 4.79 Å². The first-order valence-electron chi connectivity index (χ1n) is 14.1. The lowest BCUT2D eigenvalue weighted by molar-refractivity contribution is -0.124. The van der Waals surface area contributed by atoms with Crippen LogP contribution in [0.5, 0.6) is 0 Å². The van der Waals surface area contributed by atoms with Gasteiger partial charge in [0, 0.05) is 33.3 Å². The maximum absolute atomic E-state index is 13.0. The van der Waals surface area contributed by atoms with E-state index < -0.39 is 0 Å². The summed E-state index contributed by atoms with van der Waals surface area (Å²) < 4.78 is 30.4. The minimum Gasteiger partial charge on any atom is -0.443 e. The molecule has 6 rings (SSSR count). The summed E-state index contributed by atoms with van der Waals surface area (Å²) in [6.45, 7) is 12.0. The van der Waals surface area contributed by atoms with Gasteiger partial charge in [-0.25, -0.2) is 4.79 Å². The summed E-state index contributed by atoms with van der Waals surface area (Å²) in [5, 5.41) is 0. The molecule has 1 aliphatic carbocycles. The smallest absolute Gasteiger partial charge is 0.410 e. The van der Waals surface area contributed by atoms with Gasteiger partial charge in [0.15, 0.2) is 0 Å². The summed E-state index contributed by atoms with van der Waals surface area (Å²) in [6, 6.07) is 0. The Morgan fingerprint density at radius 3 is 2.47 bits per heavy atom. The average Bonchev–Trinajstić information content (AvgIpc) is 3.70. The topological polar surface area (TPSA) is 76.3 Å². The molecule has 8 heteroatoms. The highest BCUT2D eigenvalue weighted by Gasteiger charge is 2.72. The van der Waals surface area contributed by atoms with Crippen LogP contribution in [0.4, 0.5) is 4.79 Å². The molecule has 8 nitrogen and oxygen atoms in total. The third-order valence-corrected chi connectivity index (χ3v) is 9.68. The highest BCUT2D eigenvalue weighted by molar-refractivity contribution is 5.69. The lowest BCUT2D eigenvalue weighted by Gasteiger charge is -2.45. The van der Waals surface area contributed by atoms with Crippen LogP contribution in [0.2, 0.25) is 0 Å². The Morgan fingerprint density at radius 1 is 1.11 bits per heavy atom. The molecule has 6 aliphatic rings. The van der Waals surface area contributed by atoms with Crippen LogP contribution in [0.1, 0.15) is 59.3 Å². The van der Waals surface area contributed by atoms with E-state index in [-0.39, 0.29) is 41.5 Å². The molecule has 5 saturated heterocycles. The lowest BCUT2D eigenvalue weighted by atomic mass is 9.68. The molecule has 8 atom stereocenters. The number of methoxy groups -OCH3 is 1. The van der Waals surface area contributed by atoms with Crippen molar-refractivity contribution in [2.75, 3.05) is 46.4 Å². The zero-order valence-corrected chi connectivity index (χ0v) is 22.4. The second-order valence-corrected chi connectivity index (χ2v) is 12.6. The fraction of sp³-hybridized carbons (Fsp3) is 0.893. The van der Waals surface area contributed by atoms with Gasteiger partial charge < -0.3 is 28.6 Å². The maximum atomic E-state index is 13.0. The highest BCUT2D eigenvalue weighted by Crippen LogP contribution is 2.59. The van der Waals surface area contributed by atoms with Crippen molar-refractivity contribution in [3.8, 4) is 0 Å². The Morgan fingerprint density at radius 2 is 1.83 bits per heavy atom. The number of ether oxygens (including phenoxy) is 5. The number of carbonyl (C=O) groups is 1. The van der Waals surface area contributed by atoms with Crippen LogP contribution in [-0.2, 0) is 23.7 Å². The predicted octanol–water partition coefficient (Wildman–Crippen LogP) is 3.38. The molecule has 1 spiro atoms. The second-order valence-electron chi connectivity index (χ2n) is 12.6. The number of nitrogens with zero attached hydrogens (tertiary/aromatic N) is 2. The summed E-state index contributed by atoms with van der Waals surface area (Å²) in [6.07, 6.45) is 8.70. The molecule has 36 heavy (non-hydrogen) atoms. The summed E-state index contributed by atoms with van der Waals surface area (Å²) in [7, 11) is 1.73. The van der Waals surface area contributed by atoms with Gasteiger partial charge in [0.1, 0.15) is 23.4 Å². The summed E-state index contributed by atoms with van der Waals surface area (Å²) >= 11 is 0. The van der Waals surface area contributed by atoms with Crippen LogP contribution in [0.3, 0.4) is 0 Å². The molecule has 1 saturated carbocycles. The molecule has 0 aromatic carbocycles. The van der Waals surface area contributed by atoms with Crippen LogP contribution < -0.4 is 0 Å². The predicted molar refractivity (Wildman–Crippen MR) is 134 cm³/mol. The third-order valence-electron chi connectivity index (χ3n) is 9.68. The first kappa shape index (κ1) is 25.1. The van der Waals surface area contributed by atoms with Gasteiger partial charge in [-0.15, -0.1) is 0 Å². The van der Waals surface area contributed by atoms with E-state index in [1.54, 1.807) is 7.11 Å². The van der Waals surface area contributed by atoms with Crippen LogP contribution >= 0.6 is 0 Å². The molecular formula is C28H44N2O6. The lowest BCUT2D eigenvalue weighted by Crippen LogP contribution is -2.57. The Hall–Kier alpha value is -1.19. The van der Waals surface area contributed by atoms with E-state index in [1.807, 2.05) is 4.90 Å². The number of rotatable bonds is 8. The molecule has 6 fully saturated rings. The fourth-order valence-electron chi connectivity index (χ4n) is 7.42. The molecule has 1 amide bonds. The monoisotopic (exact) mass is 504 g/mol. The van der Waals surface area contributed by atoms with Gasteiger partial charge in [0.2, 0.25) is 0 Å². The van der Waals surface area contributed by atoms with Gasteiger partial charge in [-0.3, -0.25) is 4.90 Å². The molecule has 202 valence electrons. The van der Waals surface area contributed by atoms with E-state index in [0.29, 0.717) is 18.1 Å². The van der Waals surface area contributed by atoms with Gasteiger partial charge in [0.05, 0.1) is 30.8 Å². The van der Waals surface area contributed by atoms with Crippen molar-refractivity contribution in [2.24, 2.45) is 11.8 Å². The normalized spacial score (nSPS) is 43.8. The number of amides is 1. The Bertz CT molecular complexity index is 854. The van der Waals surface area contributed by atoms with Crippen molar-refractivity contribution in [3.63, 3.8) is 0 Å². The molecule has 0 radical (unpaired) electrons. The van der Waals surface area contributed by atoms with Crippen molar-refractivity contribution < 1.29 is 28.5 Å².